The van der Waals surface area contributed by atoms with Crippen molar-refractivity contribution >= 4 is 5.91 Å². The predicted molar refractivity (Wildman–Crippen MR) is 73.4 cm³/mol. The van der Waals surface area contributed by atoms with E-state index in [0.29, 0.717) is 13.0 Å². The second kappa shape index (κ2) is 6.66. The standard InChI is InChI=1S/C15H21FN2O/c1-2-8-18-15(19)7-9-17-14-6-3-11-10-12(16)4-5-13(11)14/h4-5,10,14,17H,2-3,6-9H2,1H3,(H,18,19). The molecule has 4 heteroatoms. The number of hydrogen-bond donors (Lipinski definition) is 2. The molecule has 19 heavy (non-hydrogen) atoms. The van der Waals surface area contributed by atoms with Crippen molar-refractivity contribution in [3.8, 4) is 0 Å². The fourth-order valence-corrected chi connectivity index (χ4v) is 2.51. The Morgan fingerprint density at radius 2 is 2.26 bits per heavy atom. The quantitative estimate of drug-likeness (QED) is 0.828. The van der Waals surface area contributed by atoms with Gasteiger partial charge in [0.2, 0.25) is 5.91 Å². The Kier molecular flexibility index (Phi) is 4.91. The molecule has 0 aliphatic heterocycles. The van der Waals surface area contributed by atoms with Crippen molar-refractivity contribution < 1.29 is 9.18 Å². The van der Waals surface area contributed by atoms with Crippen LogP contribution in [0, 0.1) is 5.82 Å². The predicted octanol–water partition coefficient (Wildman–Crippen LogP) is 2.32. The number of hydrogen-bond acceptors (Lipinski definition) is 2. The molecule has 0 fully saturated rings. The summed E-state index contributed by atoms with van der Waals surface area (Å²) in [6.45, 7) is 3.44. The van der Waals surface area contributed by atoms with Gasteiger partial charge in [-0.15, -0.1) is 0 Å². The van der Waals surface area contributed by atoms with Gasteiger partial charge in [-0.3, -0.25) is 4.79 Å². The van der Waals surface area contributed by atoms with Crippen LogP contribution >= 0.6 is 0 Å². The van der Waals surface area contributed by atoms with Crippen molar-refractivity contribution in [2.45, 2.75) is 38.6 Å². The van der Waals surface area contributed by atoms with Gasteiger partial charge in [0.25, 0.3) is 0 Å². The average Bonchev–Trinajstić information content (AvgIpc) is 2.79. The first-order chi connectivity index (χ1) is 9.20. The number of aryl methyl sites for hydroxylation is 1. The number of carbonyl (C=O) groups is 1. The molecule has 0 saturated heterocycles. The molecule has 2 N–H and O–H groups in total. The molecule has 1 aromatic carbocycles. The molecule has 1 aromatic rings. The van der Waals surface area contributed by atoms with E-state index in [2.05, 4.69) is 10.6 Å². The van der Waals surface area contributed by atoms with Gasteiger partial charge >= 0.3 is 0 Å². The molecule has 104 valence electrons. The highest BCUT2D eigenvalue weighted by atomic mass is 19.1. The van der Waals surface area contributed by atoms with Crippen LogP contribution in [0.3, 0.4) is 0 Å². The molecule has 0 bridgehead atoms. The van der Waals surface area contributed by atoms with Gasteiger partial charge in [0.05, 0.1) is 0 Å². The Morgan fingerprint density at radius 1 is 1.42 bits per heavy atom. The minimum absolute atomic E-state index is 0.0895. The van der Waals surface area contributed by atoms with Crippen LogP contribution in [0.2, 0.25) is 0 Å². The molecular formula is C15H21FN2O. The van der Waals surface area contributed by atoms with E-state index < -0.39 is 0 Å². The number of rotatable bonds is 6. The molecule has 1 atom stereocenters. The van der Waals surface area contributed by atoms with Crippen LogP contribution in [0.5, 0.6) is 0 Å². The fraction of sp³-hybridized carbons (Fsp3) is 0.533. The maximum Gasteiger partial charge on any atom is 0.221 e. The van der Waals surface area contributed by atoms with Crippen LogP contribution < -0.4 is 10.6 Å². The molecule has 1 unspecified atom stereocenters. The number of benzene rings is 1. The highest BCUT2D eigenvalue weighted by Crippen LogP contribution is 2.31. The van der Waals surface area contributed by atoms with E-state index in [1.54, 1.807) is 6.07 Å². The molecule has 0 saturated carbocycles. The molecular weight excluding hydrogens is 243 g/mol. The van der Waals surface area contributed by atoms with Gasteiger partial charge in [0, 0.05) is 25.6 Å². The van der Waals surface area contributed by atoms with E-state index in [0.717, 1.165) is 31.4 Å². The third kappa shape index (κ3) is 3.77. The zero-order valence-electron chi connectivity index (χ0n) is 11.3. The number of amides is 1. The first kappa shape index (κ1) is 14.0. The van der Waals surface area contributed by atoms with Gasteiger partial charge in [-0.05, 0) is 42.5 Å². The fourth-order valence-electron chi connectivity index (χ4n) is 2.51. The summed E-state index contributed by atoms with van der Waals surface area (Å²) >= 11 is 0. The molecule has 2 rings (SSSR count). The summed E-state index contributed by atoms with van der Waals surface area (Å²) in [5, 5.41) is 6.24. The Morgan fingerprint density at radius 3 is 3.05 bits per heavy atom. The first-order valence-corrected chi connectivity index (χ1v) is 6.99. The normalized spacial score (nSPS) is 17.3. The zero-order valence-corrected chi connectivity index (χ0v) is 11.3. The Labute approximate surface area is 113 Å². The molecule has 1 aliphatic rings. The summed E-state index contributed by atoms with van der Waals surface area (Å²) < 4.78 is 13.1. The van der Waals surface area contributed by atoms with Crippen molar-refractivity contribution in [3.05, 3.63) is 35.1 Å². The Bertz CT molecular complexity index is 448. The first-order valence-electron chi connectivity index (χ1n) is 6.99. The van der Waals surface area contributed by atoms with E-state index in [4.69, 9.17) is 0 Å². The van der Waals surface area contributed by atoms with Crippen LogP contribution in [0.25, 0.3) is 0 Å². The lowest BCUT2D eigenvalue weighted by molar-refractivity contribution is -0.121. The summed E-state index contributed by atoms with van der Waals surface area (Å²) in [6, 6.07) is 5.24. The minimum atomic E-state index is -0.168. The highest BCUT2D eigenvalue weighted by Gasteiger charge is 2.22. The van der Waals surface area contributed by atoms with Crippen molar-refractivity contribution in [3.63, 3.8) is 0 Å². The van der Waals surface area contributed by atoms with Gasteiger partial charge in [-0.1, -0.05) is 13.0 Å². The van der Waals surface area contributed by atoms with Crippen LogP contribution in [-0.2, 0) is 11.2 Å². The lowest BCUT2D eigenvalue weighted by Gasteiger charge is -2.13. The van der Waals surface area contributed by atoms with Crippen LogP contribution in [-0.4, -0.2) is 19.0 Å². The number of nitrogens with one attached hydrogen (secondary N) is 2. The third-order valence-electron chi connectivity index (χ3n) is 3.50. The summed E-state index contributed by atoms with van der Waals surface area (Å²) in [4.78, 5) is 11.5. The van der Waals surface area contributed by atoms with E-state index in [1.807, 2.05) is 13.0 Å². The average molecular weight is 264 g/mol. The molecule has 0 radical (unpaired) electrons. The van der Waals surface area contributed by atoms with E-state index in [1.165, 1.54) is 11.6 Å². The lowest BCUT2D eigenvalue weighted by atomic mass is 10.1. The van der Waals surface area contributed by atoms with Gasteiger partial charge in [-0.25, -0.2) is 4.39 Å². The van der Waals surface area contributed by atoms with Crippen molar-refractivity contribution in [2.75, 3.05) is 13.1 Å². The summed E-state index contributed by atoms with van der Waals surface area (Å²) in [5.41, 5.74) is 2.27. The SMILES string of the molecule is CCCNC(=O)CCNC1CCc2cc(F)ccc21. The van der Waals surface area contributed by atoms with Gasteiger partial charge in [0.15, 0.2) is 0 Å². The highest BCUT2D eigenvalue weighted by molar-refractivity contribution is 5.76. The zero-order chi connectivity index (χ0) is 13.7. The Hall–Kier alpha value is -1.42. The molecule has 0 spiro atoms. The van der Waals surface area contributed by atoms with Crippen molar-refractivity contribution in [1.29, 1.82) is 0 Å². The molecule has 3 nitrogen and oxygen atoms in total. The lowest BCUT2D eigenvalue weighted by Crippen LogP contribution is -2.29. The number of fused-ring (bicyclic) bond motifs is 1. The molecule has 1 aliphatic carbocycles. The minimum Gasteiger partial charge on any atom is -0.356 e. The monoisotopic (exact) mass is 264 g/mol. The molecule has 1 amide bonds. The molecule has 0 heterocycles. The third-order valence-corrected chi connectivity index (χ3v) is 3.50. The molecule has 0 aromatic heterocycles. The number of carbonyl (C=O) groups excluding carboxylic acids is 1. The van der Waals surface area contributed by atoms with Gasteiger partial charge < -0.3 is 10.6 Å². The summed E-state index contributed by atoms with van der Waals surface area (Å²) in [7, 11) is 0. The largest absolute Gasteiger partial charge is 0.356 e. The van der Waals surface area contributed by atoms with Gasteiger partial charge in [-0.2, -0.15) is 0 Å². The maximum atomic E-state index is 13.1. The van der Waals surface area contributed by atoms with Crippen molar-refractivity contribution in [2.24, 2.45) is 0 Å². The summed E-state index contributed by atoms with van der Waals surface area (Å²) in [5.74, 6) is -0.0787. The van der Waals surface area contributed by atoms with E-state index in [9.17, 15) is 9.18 Å². The second-order valence-electron chi connectivity index (χ2n) is 4.99. The Balaban J connectivity index is 1.78. The number of halogens is 1. The second-order valence-corrected chi connectivity index (χ2v) is 4.99. The van der Waals surface area contributed by atoms with E-state index >= 15 is 0 Å². The van der Waals surface area contributed by atoms with Crippen LogP contribution in [0.15, 0.2) is 18.2 Å². The maximum absolute atomic E-state index is 13.1. The van der Waals surface area contributed by atoms with Crippen LogP contribution in [0.1, 0.15) is 43.4 Å². The topological polar surface area (TPSA) is 41.1 Å². The van der Waals surface area contributed by atoms with Gasteiger partial charge in [0.1, 0.15) is 5.82 Å². The van der Waals surface area contributed by atoms with E-state index in [-0.39, 0.29) is 17.8 Å². The summed E-state index contributed by atoms with van der Waals surface area (Å²) in [6.07, 6.45) is 3.34. The van der Waals surface area contributed by atoms with Crippen LogP contribution in [0.4, 0.5) is 4.39 Å². The smallest absolute Gasteiger partial charge is 0.221 e. The van der Waals surface area contributed by atoms with Crippen molar-refractivity contribution in [1.82, 2.24) is 10.6 Å².